The average Bonchev–Trinajstić information content (AvgIpc) is 2.74. The van der Waals surface area contributed by atoms with Gasteiger partial charge in [-0.05, 0) is 35.0 Å². The van der Waals surface area contributed by atoms with Crippen LogP contribution < -0.4 is 10.1 Å². The fourth-order valence-electron chi connectivity index (χ4n) is 3.22. The number of hydrogen-bond donors (Lipinski definition) is 1. The number of hydrogen-bond acceptors (Lipinski definition) is 3. The lowest BCUT2D eigenvalue weighted by Gasteiger charge is -2.15. The van der Waals surface area contributed by atoms with E-state index < -0.39 is 0 Å². The Hall–Kier alpha value is -2.66. The van der Waals surface area contributed by atoms with Gasteiger partial charge in [0.15, 0.2) is 0 Å². The minimum Gasteiger partial charge on any atom is -0.488 e. The number of nitrogens with one attached hydrogen (secondary N) is 1. The highest BCUT2D eigenvalue weighted by Crippen LogP contribution is 2.29. The van der Waals surface area contributed by atoms with E-state index in [2.05, 4.69) is 22.4 Å². The molecule has 0 bridgehead atoms. The first-order valence-corrected chi connectivity index (χ1v) is 9.29. The predicted molar refractivity (Wildman–Crippen MR) is 124 cm³/mol. The molecule has 156 valence electrons. The van der Waals surface area contributed by atoms with Crippen LogP contribution in [0.3, 0.4) is 0 Å². The molecule has 3 aromatic carbocycles. The predicted octanol–water partition coefficient (Wildman–Crippen LogP) is 6.09. The first-order chi connectivity index (χ1) is 13.8. The third-order valence-corrected chi connectivity index (χ3v) is 4.67. The Morgan fingerprint density at radius 2 is 1.57 bits per heavy atom. The summed E-state index contributed by atoms with van der Waals surface area (Å²) in [6.45, 7) is 1.49. The van der Waals surface area contributed by atoms with Crippen LogP contribution in [0.25, 0.3) is 10.8 Å². The number of ether oxygens (including phenoxy) is 1. The van der Waals surface area contributed by atoms with Gasteiger partial charge in [-0.3, -0.25) is 4.98 Å². The van der Waals surface area contributed by atoms with Crippen molar-refractivity contribution in [1.82, 2.24) is 10.3 Å². The Balaban J connectivity index is 0.00000160. The Bertz CT molecular complexity index is 1080. The quantitative estimate of drug-likeness (QED) is 0.374. The number of rotatable bonds is 7. The van der Waals surface area contributed by atoms with Crippen LogP contribution in [-0.4, -0.2) is 4.98 Å². The number of benzene rings is 3. The highest BCUT2D eigenvalue weighted by Gasteiger charge is 2.10. The summed E-state index contributed by atoms with van der Waals surface area (Å²) in [6.07, 6.45) is 1.79. The first kappa shape index (κ1) is 23.6. The van der Waals surface area contributed by atoms with Gasteiger partial charge in [0, 0.05) is 30.4 Å². The van der Waals surface area contributed by atoms with Gasteiger partial charge in [0.25, 0.3) is 0 Å². The summed E-state index contributed by atoms with van der Waals surface area (Å²) in [6, 6.07) is 24.8. The molecule has 1 aromatic heterocycles. The van der Waals surface area contributed by atoms with E-state index in [4.69, 9.17) is 4.74 Å². The molecule has 0 saturated carbocycles. The zero-order valence-corrected chi connectivity index (χ0v) is 17.9. The summed E-state index contributed by atoms with van der Waals surface area (Å²) in [4.78, 5) is 4.34. The summed E-state index contributed by atoms with van der Waals surface area (Å²) in [5.41, 5.74) is 2.59. The van der Waals surface area contributed by atoms with Crippen LogP contribution in [0.2, 0.25) is 0 Å². The largest absolute Gasteiger partial charge is 0.488 e. The van der Waals surface area contributed by atoms with Gasteiger partial charge in [0.2, 0.25) is 0 Å². The molecule has 1 N–H and O–H groups in total. The molecular formula is C24H23Cl2FN2O. The monoisotopic (exact) mass is 444 g/mol. The molecule has 0 saturated heterocycles. The summed E-state index contributed by atoms with van der Waals surface area (Å²) >= 11 is 0. The second-order valence-electron chi connectivity index (χ2n) is 6.57. The van der Waals surface area contributed by atoms with Gasteiger partial charge in [0.05, 0.1) is 5.69 Å². The fourth-order valence-corrected chi connectivity index (χ4v) is 3.22. The van der Waals surface area contributed by atoms with Crippen LogP contribution in [-0.2, 0) is 19.7 Å². The molecule has 0 amide bonds. The van der Waals surface area contributed by atoms with Crippen molar-refractivity contribution in [3.05, 3.63) is 108 Å². The molecular weight excluding hydrogens is 422 g/mol. The summed E-state index contributed by atoms with van der Waals surface area (Å²) in [5.74, 6) is 0.508. The van der Waals surface area contributed by atoms with Gasteiger partial charge >= 0.3 is 0 Å². The summed E-state index contributed by atoms with van der Waals surface area (Å²) in [5, 5.41) is 5.72. The molecule has 0 aliphatic heterocycles. The maximum Gasteiger partial charge on any atom is 0.129 e. The molecule has 30 heavy (non-hydrogen) atoms. The van der Waals surface area contributed by atoms with Crippen molar-refractivity contribution in [2.24, 2.45) is 0 Å². The van der Waals surface area contributed by atoms with E-state index in [1.54, 1.807) is 18.3 Å². The standard InChI is InChI=1S/C24H21FN2O.2ClH/c25-23-11-4-2-8-19(23)17-28-24-13-12-18-7-1-3-10-21(18)22(24)16-26-15-20-9-5-6-14-27-20;;/h1-14,26H,15-17H2;2*1H. The van der Waals surface area contributed by atoms with Crippen molar-refractivity contribution in [2.45, 2.75) is 19.7 Å². The lowest BCUT2D eigenvalue weighted by atomic mass is 10.0. The van der Waals surface area contributed by atoms with Crippen LogP contribution in [0.5, 0.6) is 5.75 Å². The molecule has 4 rings (SSSR count). The molecule has 0 radical (unpaired) electrons. The van der Waals surface area contributed by atoms with E-state index in [1.807, 2.05) is 48.5 Å². The van der Waals surface area contributed by atoms with Crippen molar-refractivity contribution in [1.29, 1.82) is 0 Å². The molecule has 0 atom stereocenters. The maximum absolute atomic E-state index is 13.9. The molecule has 0 unspecified atom stereocenters. The minimum absolute atomic E-state index is 0. The molecule has 0 aliphatic rings. The lowest BCUT2D eigenvalue weighted by molar-refractivity contribution is 0.296. The van der Waals surface area contributed by atoms with E-state index in [9.17, 15) is 4.39 Å². The summed E-state index contributed by atoms with van der Waals surface area (Å²) < 4.78 is 20.0. The molecule has 0 spiro atoms. The van der Waals surface area contributed by atoms with Crippen LogP contribution >= 0.6 is 24.8 Å². The normalized spacial score (nSPS) is 10.2. The van der Waals surface area contributed by atoms with Crippen molar-refractivity contribution < 1.29 is 9.13 Å². The van der Waals surface area contributed by atoms with Crippen LogP contribution in [0.4, 0.5) is 4.39 Å². The van der Waals surface area contributed by atoms with Crippen molar-refractivity contribution in [3.63, 3.8) is 0 Å². The molecule has 0 fully saturated rings. The topological polar surface area (TPSA) is 34.1 Å². The van der Waals surface area contributed by atoms with Crippen LogP contribution in [0, 0.1) is 5.82 Å². The molecule has 1 heterocycles. The van der Waals surface area contributed by atoms with E-state index >= 15 is 0 Å². The number of aromatic nitrogens is 1. The highest BCUT2D eigenvalue weighted by atomic mass is 35.5. The number of halogens is 3. The zero-order chi connectivity index (χ0) is 19.2. The van der Waals surface area contributed by atoms with Crippen molar-refractivity contribution in [2.75, 3.05) is 0 Å². The number of fused-ring (bicyclic) bond motifs is 1. The van der Waals surface area contributed by atoms with Crippen molar-refractivity contribution in [3.8, 4) is 5.75 Å². The SMILES string of the molecule is Cl.Cl.Fc1ccccc1COc1ccc2ccccc2c1CNCc1ccccn1. The lowest BCUT2D eigenvalue weighted by Crippen LogP contribution is -2.15. The minimum atomic E-state index is -0.252. The van der Waals surface area contributed by atoms with E-state index in [1.165, 1.54) is 6.07 Å². The van der Waals surface area contributed by atoms with Gasteiger partial charge in [-0.15, -0.1) is 24.8 Å². The fraction of sp³-hybridized carbons (Fsp3) is 0.125. The van der Waals surface area contributed by atoms with Crippen LogP contribution in [0.1, 0.15) is 16.8 Å². The Morgan fingerprint density at radius 1 is 0.800 bits per heavy atom. The van der Waals surface area contributed by atoms with E-state index in [0.29, 0.717) is 18.7 Å². The van der Waals surface area contributed by atoms with E-state index in [-0.39, 0.29) is 37.2 Å². The second-order valence-corrected chi connectivity index (χ2v) is 6.57. The van der Waals surface area contributed by atoms with Gasteiger partial charge < -0.3 is 10.1 Å². The maximum atomic E-state index is 13.9. The van der Waals surface area contributed by atoms with Crippen LogP contribution in [0.15, 0.2) is 85.1 Å². The van der Waals surface area contributed by atoms with Gasteiger partial charge in [-0.1, -0.05) is 54.6 Å². The van der Waals surface area contributed by atoms with Gasteiger partial charge in [0.1, 0.15) is 18.2 Å². The Morgan fingerprint density at radius 3 is 2.37 bits per heavy atom. The molecule has 4 aromatic rings. The Labute approximate surface area is 188 Å². The first-order valence-electron chi connectivity index (χ1n) is 9.29. The van der Waals surface area contributed by atoms with Crippen molar-refractivity contribution >= 4 is 35.6 Å². The average molecular weight is 445 g/mol. The zero-order valence-electron chi connectivity index (χ0n) is 16.3. The molecule has 0 aliphatic carbocycles. The molecule has 3 nitrogen and oxygen atoms in total. The van der Waals surface area contributed by atoms with Gasteiger partial charge in [-0.2, -0.15) is 0 Å². The summed E-state index contributed by atoms with van der Waals surface area (Å²) in [7, 11) is 0. The Kier molecular flexibility index (Phi) is 9.06. The second kappa shape index (κ2) is 11.5. The number of pyridine rings is 1. The highest BCUT2D eigenvalue weighted by molar-refractivity contribution is 5.87. The molecule has 6 heteroatoms. The number of nitrogens with zero attached hydrogens (tertiary/aromatic N) is 1. The smallest absolute Gasteiger partial charge is 0.129 e. The third kappa shape index (κ3) is 5.70. The van der Waals surface area contributed by atoms with E-state index in [0.717, 1.165) is 27.8 Å². The van der Waals surface area contributed by atoms with Gasteiger partial charge in [-0.25, -0.2) is 4.39 Å². The third-order valence-electron chi connectivity index (χ3n) is 4.67.